The zero-order chi connectivity index (χ0) is 18.2. The van der Waals surface area contributed by atoms with Gasteiger partial charge in [-0.1, -0.05) is 60.3 Å². The number of hydrogen-bond acceptors (Lipinski definition) is 5. The van der Waals surface area contributed by atoms with Gasteiger partial charge in [-0.05, 0) is 17.7 Å². The predicted molar refractivity (Wildman–Crippen MR) is 98.4 cm³/mol. The van der Waals surface area contributed by atoms with Crippen molar-refractivity contribution in [1.82, 2.24) is 26.0 Å². The lowest BCUT2D eigenvalue weighted by atomic mass is 10.1. The highest BCUT2D eigenvalue weighted by Crippen LogP contribution is 2.13. The van der Waals surface area contributed by atoms with E-state index in [4.69, 9.17) is 0 Å². The molecule has 7 nitrogen and oxygen atoms in total. The summed E-state index contributed by atoms with van der Waals surface area (Å²) >= 11 is 1.19. The van der Waals surface area contributed by atoms with E-state index in [1.807, 2.05) is 36.4 Å². The molecule has 2 amide bonds. The number of carbonyl (C=O) groups is 2. The summed E-state index contributed by atoms with van der Waals surface area (Å²) in [6.07, 6.45) is 0.647. The van der Waals surface area contributed by atoms with E-state index >= 15 is 0 Å². The second-order valence-corrected chi connectivity index (χ2v) is 6.33. The van der Waals surface area contributed by atoms with Gasteiger partial charge in [-0.2, -0.15) is 0 Å². The summed E-state index contributed by atoms with van der Waals surface area (Å²) in [5.41, 5.74) is 6.34. The Balaban J connectivity index is 1.43. The van der Waals surface area contributed by atoms with Crippen molar-refractivity contribution in [3.8, 4) is 0 Å². The Morgan fingerprint density at radius 2 is 1.65 bits per heavy atom. The van der Waals surface area contributed by atoms with Crippen LogP contribution < -0.4 is 10.9 Å². The molecule has 132 valence electrons. The summed E-state index contributed by atoms with van der Waals surface area (Å²) < 4.78 is 0. The number of H-pyrrole nitrogens is 1. The van der Waals surface area contributed by atoms with Gasteiger partial charge in [0.2, 0.25) is 11.1 Å². The van der Waals surface area contributed by atoms with Crippen LogP contribution in [-0.2, 0) is 11.2 Å². The number of carbonyl (C=O) groups excluding carboxylic acids is 2. The molecule has 0 spiro atoms. The number of thioether (sulfide) groups is 1. The zero-order valence-corrected chi connectivity index (χ0v) is 14.6. The SMILES string of the molecule is O=C(CSc1n[nH]c(Cc2ccccc2)n1)NNC(=O)c1ccccc1. The first kappa shape index (κ1) is 17.7. The first-order chi connectivity index (χ1) is 12.7. The van der Waals surface area contributed by atoms with Gasteiger partial charge in [0.15, 0.2) is 0 Å². The van der Waals surface area contributed by atoms with Crippen LogP contribution in [0.3, 0.4) is 0 Å². The maximum Gasteiger partial charge on any atom is 0.269 e. The first-order valence-corrected chi connectivity index (χ1v) is 8.91. The molecule has 0 fully saturated rings. The smallest absolute Gasteiger partial charge is 0.269 e. The van der Waals surface area contributed by atoms with Crippen molar-refractivity contribution in [2.45, 2.75) is 11.6 Å². The summed E-state index contributed by atoms with van der Waals surface area (Å²) in [4.78, 5) is 28.0. The molecule has 2 aromatic carbocycles. The minimum atomic E-state index is -0.369. The Morgan fingerprint density at radius 3 is 2.38 bits per heavy atom. The summed E-state index contributed by atoms with van der Waals surface area (Å²) in [5, 5.41) is 7.44. The van der Waals surface area contributed by atoms with E-state index in [2.05, 4.69) is 26.0 Å². The normalized spacial score (nSPS) is 10.3. The van der Waals surface area contributed by atoms with E-state index < -0.39 is 0 Å². The topological polar surface area (TPSA) is 99.8 Å². The molecule has 8 heteroatoms. The molecule has 0 aliphatic carbocycles. The van der Waals surface area contributed by atoms with Gasteiger partial charge in [0.05, 0.1) is 5.75 Å². The minimum Gasteiger partial charge on any atom is -0.272 e. The number of benzene rings is 2. The molecule has 3 aromatic rings. The van der Waals surface area contributed by atoms with Gasteiger partial charge in [0, 0.05) is 12.0 Å². The molecule has 0 saturated heterocycles. The maximum atomic E-state index is 11.8. The molecular formula is C18H17N5O2S. The van der Waals surface area contributed by atoms with Crippen LogP contribution in [0.1, 0.15) is 21.7 Å². The predicted octanol–water partition coefficient (Wildman–Crippen LogP) is 1.95. The average molecular weight is 367 g/mol. The third-order valence-electron chi connectivity index (χ3n) is 3.41. The summed E-state index contributed by atoms with van der Waals surface area (Å²) in [6, 6.07) is 18.6. The van der Waals surface area contributed by atoms with Crippen LogP contribution in [0, 0.1) is 0 Å². The summed E-state index contributed by atoms with van der Waals surface area (Å²) in [7, 11) is 0. The number of aromatic amines is 1. The van der Waals surface area contributed by atoms with E-state index in [9.17, 15) is 9.59 Å². The lowest BCUT2D eigenvalue weighted by Crippen LogP contribution is -2.42. The van der Waals surface area contributed by atoms with Crippen LogP contribution in [0.25, 0.3) is 0 Å². The second kappa shape index (κ2) is 8.82. The maximum absolute atomic E-state index is 11.8. The van der Waals surface area contributed by atoms with Gasteiger partial charge < -0.3 is 0 Å². The fourth-order valence-corrected chi connectivity index (χ4v) is 2.78. The van der Waals surface area contributed by atoms with Gasteiger partial charge in [0.1, 0.15) is 5.82 Å². The number of nitrogens with zero attached hydrogens (tertiary/aromatic N) is 2. The molecule has 0 radical (unpaired) electrons. The Kier molecular flexibility index (Phi) is 6.00. The quantitative estimate of drug-likeness (QED) is 0.457. The molecular weight excluding hydrogens is 350 g/mol. The number of hydrogen-bond donors (Lipinski definition) is 3. The Bertz CT molecular complexity index is 868. The van der Waals surface area contributed by atoms with Crippen LogP contribution in [-0.4, -0.2) is 32.7 Å². The van der Waals surface area contributed by atoms with Crippen LogP contribution >= 0.6 is 11.8 Å². The van der Waals surface area contributed by atoms with Crippen LogP contribution in [0.5, 0.6) is 0 Å². The molecule has 1 aromatic heterocycles. The molecule has 0 atom stereocenters. The third kappa shape index (κ3) is 5.18. The highest BCUT2D eigenvalue weighted by Gasteiger charge is 2.10. The summed E-state index contributed by atoms with van der Waals surface area (Å²) in [5.74, 6) is 0.120. The van der Waals surface area contributed by atoms with Gasteiger partial charge in [0.25, 0.3) is 5.91 Å². The van der Waals surface area contributed by atoms with Crippen LogP contribution in [0.4, 0.5) is 0 Å². The van der Waals surface area contributed by atoms with E-state index in [0.717, 1.165) is 11.4 Å². The van der Waals surface area contributed by atoms with E-state index in [1.54, 1.807) is 24.3 Å². The summed E-state index contributed by atoms with van der Waals surface area (Å²) in [6.45, 7) is 0. The van der Waals surface area contributed by atoms with E-state index in [-0.39, 0.29) is 17.6 Å². The molecule has 0 saturated carbocycles. The number of aromatic nitrogens is 3. The van der Waals surface area contributed by atoms with E-state index in [0.29, 0.717) is 17.1 Å². The van der Waals surface area contributed by atoms with Crippen molar-refractivity contribution >= 4 is 23.6 Å². The highest BCUT2D eigenvalue weighted by molar-refractivity contribution is 7.99. The zero-order valence-electron chi connectivity index (χ0n) is 13.8. The van der Waals surface area contributed by atoms with Crippen LogP contribution in [0.2, 0.25) is 0 Å². The van der Waals surface area contributed by atoms with Gasteiger partial charge in [-0.25, -0.2) is 4.98 Å². The standard InChI is InChI=1S/C18H17N5O2S/c24-16(21-22-17(25)14-9-5-2-6-10-14)12-26-18-19-15(20-23-18)11-13-7-3-1-4-8-13/h1-10H,11-12H2,(H,21,24)(H,22,25)(H,19,20,23). The van der Waals surface area contributed by atoms with Gasteiger partial charge in [-0.3, -0.25) is 25.5 Å². The monoisotopic (exact) mass is 367 g/mol. The average Bonchev–Trinajstić information content (AvgIpc) is 3.13. The molecule has 3 N–H and O–H groups in total. The number of hydrazine groups is 1. The fraction of sp³-hybridized carbons (Fsp3) is 0.111. The van der Waals surface area contributed by atoms with Gasteiger partial charge >= 0.3 is 0 Å². The number of nitrogens with one attached hydrogen (secondary N) is 3. The van der Waals surface area contributed by atoms with Crippen molar-refractivity contribution in [3.05, 3.63) is 77.6 Å². The van der Waals surface area contributed by atoms with E-state index in [1.165, 1.54) is 11.8 Å². The van der Waals surface area contributed by atoms with Crippen molar-refractivity contribution in [1.29, 1.82) is 0 Å². The van der Waals surface area contributed by atoms with Crippen molar-refractivity contribution in [3.63, 3.8) is 0 Å². The second-order valence-electron chi connectivity index (χ2n) is 5.38. The lowest BCUT2D eigenvalue weighted by Gasteiger charge is -2.06. The van der Waals surface area contributed by atoms with Crippen molar-refractivity contribution in [2.24, 2.45) is 0 Å². The molecule has 3 rings (SSSR count). The Labute approximate surface area is 154 Å². The molecule has 0 bridgehead atoms. The van der Waals surface area contributed by atoms with Crippen molar-refractivity contribution < 1.29 is 9.59 Å². The first-order valence-electron chi connectivity index (χ1n) is 7.93. The number of rotatable bonds is 6. The minimum absolute atomic E-state index is 0.0949. The molecule has 0 aliphatic heterocycles. The third-order valence-corrected chi connectivity index (χ3v) is 4.26. The highest BCUT2D eigenvalue weighted by atomic mass is 32.2. The Morgan fingerprint density at radius 1 is 0.962 bits per heavy atom. The fourth-order valence-electron chi connectivity index (χ4n) is 2.16. The molecule has 0 aliphatic rings. The molecule has 0 unspecified atom stereocenters. The number of amides is 2. The molecule has 26 heavy (non-hydrogen) atoms. The van der Waals surface area contributed by atoms with Crippen molar-refractivity contribution in [2.75, 3.05) is 5.75 Å². The lowest BCUT2D eigenvalue weighted by molar-refractivity contribution is -0.119. The Hall–Kier alpha value is -3.13. The van der Waals surface area contributed by atoms with Gasteiger partial charge in [-0.15, -0.1) is 5.10 Å². The van der Waals surface area contributed by atoms with Crippen LogP contribution in [0.15, 0.2) is 65.8 Å². The molecule has 1 heterocycles. The largest absolute Gasteiger partial charge is 0.272 e.